The molecule has 0 fully saturated rings. The zero-order valence-corrected chi connectivity index (χ0v) is 18.8. The summed E-state index contributed by atoms with van der Waals surface area (Å²) in [5, 5.41) is 2.70. The maximum Gasteiger partial charge on any atom is 0.251 e. The summed E-state index contributed by atoms with van der Waals surface area (Å²) in [6.45, 7) is 1.04. The van der Waals surface area contributed by atoms with Crippen molar-refractivity contribution in [3.05, 3.63) is 108 Å². The minimum Gasteiger partial charge on any atom is -0.399 e. The molecule has 1 amide bonds. The second-order valence-corrected chi connectivity index (χ2v) is 7.98. The van der Waals surface area contributed by atoms with Crippen LogP contribution in [0.25, 0.3) is 0 Å². The molecule has 0 bridgehead atoms. The topological polar surface area (TPSA) is 88.3 Å². The van der Waals surface area contributed by atoms with Crippen molar-refractivity contribution in [2.45, 2.75) is 24.9 Å². The fourth-order valence-electron chi connectivity index (χ4n) is 3.67. The Labute approximate surface area is 195 Å². The van der Waals surface area contributed by atoms with E-state index >= 15 is 0 Å². The van der Waals surface area contributed by atoms with Gasteiger partial charge in [-0.1, -0.05) is 54.6 Å². The number of likely N-dealkylation sites (N-methyl/N-ethyl adjacent to an activating group) is 1. The van der Waals surface area contributed by atoms with Gasteiger partial charge < -0.3 is 15.8 Å². The van der Waals surface area contributed by atoms with Crippen LogP contribution in [0.5, 0.6) is 0 Å². The maximum atomic E-state index is 12.0. The Balaban J connectivity index is 0.000000203. The largest absolute Gasteiger partial charge is 0.399 e. The molecule has 3 N–H and O–H groups in total. The Kier molecular flexibility index (Phi) is 8.91. The second-order valence-electron chi connectivity index (χ2n) is 7.98. The zero-order valence-electron chi connectivity index (χ0n) is 18.8. The Morgan fingerprint density at radius 1 is 1.15 bits per heavy atom. The predicted molar refractivity (Wildman–Crippen MR) is 132 cm³/mol. The van der Waals surface area contributed by atoms with Crippen molar-refractivity contribution >= 4 is 17.9 Å². The molecule has 6 nitrogen and oxygen atoms in total. The summed E-state index contributed by atoms with van der Waals surface area (Å²) in [7, 11) is 2.15. The summed E-state index contributed by atoms with van der Waals surface area (Å²) in [6, 6.07) is 20.3. The van der Waals surface area contributed by atoms with Gasteiger partial charge >= 0.3 is 0 Å². The van der Waals surface area contributed by atoms with Crippen molar-refractivity contribution in [3.8, 4) is 0 Å². The molecule has 3 aromatic rings. The molecule has 0 aliphatic carbocycles. The average molecular weight is 443 g/mol. The first kappa shape index (κ1) is 23.9. The lowest BCUT2D eigenvalue weighted by Gasteiger charge is -2.29. The number of aromatic nitrogens is 1. The van der Waals surface area contributed by atoms with E-state index in [1.165, 1.54) is 5.56 Å². The highest BCUT2D eigenvalue weighted by atomic mass is 16.2. The normalized spacial score (nSPS) is 16.2. The van der Waals surface area contributed by atoms with Gasteiger partial charge in [-0.15, -0.1) is 0 Å². The Morgan fingerprint density at radius 2 is 1.97 bits per heavy atom. The number of rotatable bonds is 6. The summed E-state index contributed by atoms with van der Waals surface area (Å²) in [5.41, 5.74) is 8.91. The monoisotopic (exact) mass is 442 g/mol. The van der Waals surface area contributed by atoms with Crippen LogP contribution in [0.1, 0.15) is 33.9 Å². The molecule has 170 valence electrons. The molecule has 0 saturated heterocycles. The Hall–Kier alpha value is -3.77. The average Bonchev–Trinajstić information content (AvgIpc) is 2.85. The number of nitrogens with zero attached hydrogens (tertiary/aromatic N) is 2. The van der Waals surface area contributed by atoms with E-state index in [0.717, 1.165) is 24.8 Å². The maximum absolute atomic E-state index is 12.0. The molecule has 0 radical (unpaired) electrons. The molecular weight excluding hydrogens is 412 g/mol. The number of hydrogen-bond acceptors (Lipinski definition) is 5. The number of carbonyl (C=O) groups is 2. The van der Waals surface area contributed by atoms with E-state index in [9.17, 15) is 9.59 Å². The van der Waals surface area contributed by atoms with Crippen molar-refractivity contribution in [1.29, 1.82) is 0 Å². The number of benzene rings is 2. The van der Waals surface area contributed by atoms with E-state index in [2.05, 4.69) is 40.5 Å². The van der Waals surface area contributed by atoms with Crippen molar-refractivity contribution in [1.82, 2.24) is 15.2 Å². The van der Waals surface area contributed by atoms with Crippen LogP contribution in [0.2, 0.25) is 0 Å². The molecule has 1 aromatic heterocycles. The molecule has 2 heterocycles. The number of nitrogens with two attached hydrogens (primary N) is 1. The number of aldehydes is 1. The van der Waals surface area contributed by atoms with Gasteiger partial charge in [-0.2, -0.15) is 0 Å². The molecule has 1 aliphatic heterocycles. The van der Waals surface area contributed by atoms with E-state index in [0.29, 0.717) is 23.7 Å². The number of pyridine rings is 1. The first-order chi connectivity index (χ1) is 16.1. The molecule has 4 rings (SSSR count). The summed E-state index contributed by atoms with van der Waals surface area (Å²) in [5.74, 6) is -0.301. The van der Waals surface area contributed by atoms with Crippen LogP contribution < -0.4 is 11.1 Å². The lowest BCUT2D eigenvalue weighted by molar-refractivity contribution is -0.109. The number of amides is 1. The molecule has 2 unspecified atom stereocenters. The van der Waals surface area contributed by atoms with Crippen LogP contribution >= 0.6 is 0 Å². The standard InChI is InChI=1S/C16H16N2O2.C11H14N2/c17-14-8-4-7-13(10-14)16(20)18-15(11-19)9-12-5-2-1-3-6-12;1-13-8-3-2-6-11(13)10-5-4-7-12-9-10/h1-8,10-11,15H,9,17H2,(H,18,20);2-5,7,9,11H,6,8H2,1H3. The van der Waals surface area contributed by atoms with Gasteiger partial charge in [-0.3, -0.25) is 14.7 Å². The van der Waals surface area contributed by atoms with E-state index in [1.807, 2.05) is 48.8 Å². The van der Waals surface area contributed by atoms with Gasteiger partial charge in [0.25, 0.3) is 5.91 Å². The van der Waals surface area contributed by atoms with Crippen molar-refractivity contribution in [3.63, 3.8) is 0 Å². The van der Waals surface area contributed by atoms with E-state index in [4.69, 9.17) is 5.73 Å². The minimum atomic E-state index is -0.550. The van der Waals surface area contributed by atoms with Gasteiger partial charge in [0.05, 0.1) is 6.04 Å². The SMILES string of the molecule is CN1CC=CCC1c1cccnc1.Nc1cccc(C(=O)NC(C=O)Cc2ccccc2)c1. The third-order valence-corrected chi connectivity index (χ3v) is 5.45. The molecule has 6 heteroatoms. The molecule has 2 atom stereocenters. The van der Waals surface area contributed by atoms with E-state index in [1.54, 1.807) is 24.3 Å². The van der Waals surface area contributed by atoms with Gasteiger partial charge in [0, 0.05) is 36.2 Å². The number of anilines is 1. The Morgan fingerprint density at radius 3 is 2.64 bits per heavy atom. The number of hydrogen-bond donors (Lipinski definition) is 2. The third-order valence-electron chi connectivity index (χ3n) is 5.45. The van der Waals surface area contributed by atoms with Crippen molar-refractivity contribution in [2.75, 3.05) is 19.3 Å². The van der Waals surface area contributed by atoms with Crippen molar-refractivity contribution in [2.24, 2.45) is 0 Å². The van der Waals surface area contributed by atoms with Crippen LogP contribution in [-0.2, 0) is 11.2 Å². The lowest BCUT2D eigenvalue weighted by atomic mass is 10.0. The Bertz CT molecular complexity index is 1050. The van der Waals surface area contributed by atoms with Crippen molar-refractivity contribution < 1.29 is 9.59 Å². The summed E-state index contributed by atoms with van der Waals surface area (Å²) in [4.78, 5) is 29.6. The van der Waals surface area contributed by atoms with Gasteiger partial charge in [0.1, 0.15) is 6.29 Å². The number of nitrogen functional groups attached to an aromatic ring is 1. The smallest absolute Gasteiger partial charge is 0.251 e. The minimum absolute atomic E-state index is 0.301. The van der Waals surface area contributed by atoms with Crippen LogP contribution in [-0.4, -0.2) is 41.7 Å². The number of carbonyl (C=O) groups excluding carboxylic acids is 2. The van der Waals surface area contributed by atoms with Gasteiger partial charge in [0.15, 0.2) is 0 Å². The quantitative estimate of drug-likeness (QED) is 0.344. The van der Waals surface area contributed by atoms with Crippen LogP contribution in [0.4, 0.5) is 5.69 Å². The fraction of sp³-hybridized carbons (Fsp3) is 0.222. The highest BCUT2D eigenvalue weighted by Crippen LogP contribution is 2.25. The number of nitrogens with one attached hydrogen (secondary N) is 1. The first-order valence-electron chi connectivity index (χ1n) is 11.0. The molecule has 33 heavy (non-hydrogen) atoms. The second kappa shape index (κ2) is 12.3. The van der Waals surface area contributed by atoms with Crippen LogP contribution in [0.15, 0.2) is 91.3 Å². The summed E-state index contributed by atoms with van der Waals surface area (Å²) >= 11 is 0. The van der Waals surface area contributed by atoms with E-state index in [-0.39, 0.29) is 5.91 Å². The van der Waals surface area contributed by atoms with Crippen LogP contribution in [0.3, 0.4) is 0 Å². The molecule has 0 saturated carbocycles. The molecule has 0 spiro atoms. The van der Waals surface area contributed by atoms with Gasteiger partial charge in [0.2, 0.25) is 0 Å². The van der Waals surface area contributed by atoms with Crippen LogP contribution in [0, 0.1) is 0 Å². The zero-order chi connectivity index (χ0) is 23.5. The fourth-order valence-corrected chi connectivity index (χ4v) is 3.67. The lowest BCUT2D eigenvalue weighted by Crippen LogP contribution is -2.37. The highest BCUT2D eigenvalue weighted by molar-refractivity contribution is 5.96. The van der Waals surface area contributed by atoms with E-state index < -0.39 is 6.04 Å². The molecular formula is C27H30N4O2. The molecule has 1 aliphatic rings. The summed E-state index contributed by atoms with van der Waals surface area (Å²) < 4.78 is 0. The third kappa shape index (κ3) is 7.40. The first-order valence-corrected chi connectivity index (χ1v) is 11.0. The molecule has 2 aromatic carbocycles. The predicted octanol–water partition coefficient (Wildman–Crippen LogP) is 3.82. The van der Waals surface area contributed by atoms with Gasteiger partial charge in [-0.25, -0.2) is 0 Å². The van der Waals surface area contributed by atoms with Gasteiger partial charge in [-0.05, 0) is 55.3 Å². The summed E-state index contributed by atoms with van der Waals surface area (Å²) in [6.07, 6.45) is 10.6. The highest BCUT2D eigenvalue weighted by Gasteiger charge is 2.17.